The minimum absolute atomic E-state index is 0. The van der Waals surface area contributed by atoms with Crippen LogP contribution >= 0.6 is 33.0 Å². The maximum atomic E-state index is 9.77. The third-order valence-corrected chi connectivity index (χ3v) is 2.93. The van der Waals surface area contributed by atoms with Gasteiger partial charge in [-0.25, -0.2) is 0 Å². The van der Waals surface area contributed by atoms with Crippen molar-refractivity contribution >= 4 is 33.0 Å². The summed E-state index contributed by atoms with van der Waals surface area (Å²) < 4.78 is 53.7. The monoisotopic (exact) mass is 496 g/mol. The van der Waals surface area contributed by atoms with Crippen molar-refractivity contribution in [1.29, 1.82) is 0 Å². The summed E-state index contributed by atoms with van der Waals surface area (Å²) in [5, 5.41) is 17.3. The van der Waals surface area contributed by atoms with Gasteiger partial charge < -0.3 is 29.8 Å². The van der Waals surface area contributed by atoms with E-state index >= 15 is 0 Å². The summed E-state index contributed by atoms with van der Waals surface area (Å²) in [5.41, 5.74) is 0. The van der Waals surface area contributed by atoms with Crippen LogP contribution in [-0.2, 0) is 36.4 Å². The van der Waals surface area contributed by atoms with Crippen LogP contribution in [-0.4, -0.2) is 22.2 Å². The van der Waals surface area contributed by atoms with E-state index in [4.69, 9.17) is 10.2 Å². The Morgan fingerprint density at radius 3 is 0.769 bits per heavy atom. The molecule has 128 valence electrons. The van der Waals surface area contributed by atoms with Gasteiger partial charge in [-0.2, -0.15) is 0 Å². The molecule has 0 spiro atoms. The summed E-state index contributed by atoms with van der Waals surface area (Å²) in [6.45, 7) is 1.45. The Labute approximate surface area is 239 Å². The zero-order valence-corrected chi connectivity index (χ0v) is 26.2. The summed E-state index contributed by atoms with van der Waals surface area (Å²) in [6, 6.07) is 0. The molecule has 0 bridgehead atoms. The molecule has 22 heteroatoms. The summed E-state index contributed by atoms with van der Waals surface area (Å²) in [6.07, 6.45) is 0. The third kappa shape index (κ3) is 35.4. The summed E-state index contributed by atoms with van der Waals surface area (Å²) in [7, 11) is -13.4. The molecule has 0 saturated carbocycles. The molecule has 26 heavy (non-hydrogen) atoms. The van der Waals surface area contributed by atoms with Crippen molar-refractivity contribution in [2.45, 2.75) is 25.8 Å². The van der Waals surface area contributed by atoms with E-state index in [0.717, 1.165) is 13.8 Å². The molecule has 14 nitrogen and oxygen atoms in total. The van der Waals surface area contributed by atoms with E-state index in [1.807, 2.05) is 0 Å². The van der Waals surface area contributed by atoms with Gasteiger partial charge >= 0.3 is 163 Å². The predicted octanol–water partition coefficient (Wildman–Crippen LogP) is -14.5. The molecule has 0 aromatic heterocycles. The van der Waals surface area contributed by atoms with E-state index in [9.17, 15) is 37.8 Å². The molecule has 0 radical (unpaired) electrons. The largest absolute Gasteiger partial charge is 1.00 e. The van der Waals surface area contributed by atoms with Crippen molar-refractivity contribution in [2.75, 3.05) is 0 Å². The molecule has 0 aromatic carbocycles. The topological polar surface area (TPSA) is 238 Å². The Balaban J connectivity index is -0.0000000667. The van der Waals surface area contributed by atoms with Gasteiger partial charge in [0.15, 0.2) is 0 Å². The molecule has 0 aliphatic carbocycles. The van der Waals surface area contributed by atoms with Crippen molar-refractivity contribution < 1.29 is 184 Å². The maximum Gasteiger partial charge on any atom is 1.00 e. The van der Waals surface area contributed by atoms with Crippen LogP contribution in [0.25, 0.3) is 0 Å². The molecular formula is C4H8Na4O14P4+4. The molecule has 0 saturated heterocycles. The van der Waals surface area contributed by atoms with Crippen LogP contribution in [0.2, 0.25) is 0 Å². The Bertz CT molecular complexity index is 371. The summed E-state index contributed by atoms with van der Waals surface area (Å²) >= 11 is 0. The minimum Gasteiger partial charge on any atom is -0.566 e. The first-order valence-electron chi connectivity index (χ1n) is 4.45. The molecule has 0 aliphatic rings. The quantitative estimate of drug-likeness (QED) is 0.180. The molecule has 0 rings (SSSR count). The molecule has 0 aliphatic heterocycles. The van der Waals surface area contributed by atoms with Gasteiger partial charge in [0.2, 0.25) is 0 Å². The fraction of sp³-hybridized carbons (Fsp3) is 1.00. The number of aliphatic hydroxyl groups is 2. The van der Waals surface area contributed by atoms with Crippen molar-refractivity contribution in [3.63, 3.8) is 0 Å². The first-order valence-corrected chi connectivity index (χ1v) is 8.84. The van der Waals surface area contributed by atoms with Crippen LogP contribution in [0.5, 0.6) is 0 Å². The Kier molecular flexibility index (Phi) is 37.4. The number of rotatable bonds is 8. The second kappa shape index (κ2) is 22.2. The standard InChI is InChI=1S/2C2H4O7P2.4Na/c2*1-2(3,8-10(4)5)9-11(6)7;;;;/h2*3H,1H3;;;;/q;;4*+1. The zero-order chi connectivity index (χ0) is 18.1. The fourth-order valence-electron chi connectivity index (χ4n) is 0.587. The van der Waals surface area contributed by atoms with E-state index < -0.39 is 45.0 Å². The normalized spacial score (nSPS) is 16.0. The van der Waals surface area contributed by atoms with Crippen molar-refractivity contribution in [3.05, 3.63) is 0 Å². The second-order valence-corrected chi connectivity index (χ2v) is 5.57. The van der Waals surface area contributed by atoms with Crippen LogP contribution in [0.4, 0.5) is 0 Å². The van der Waals surface area contributed by atoms with Gasteiger partial charge in [0, 0.05) is 13.8 Å². The first-order chi connectivity index (χ1) is 9.67. The van der Waals surface area contributed by atoms with Gasteiger partial charge in [0.05, 0.1) is 0 Å². The number of hydrogen-bond acceptors (Lipinski definition) is 14. The fourth-order valence-corrected chi connectivity index (χ4v) is 1.96. The van der Waals surface area contributed by atoms with Gasteiger partial charge in [-0.3, -0.25) is 0 Å². The van der Waals surface area contributed by atoms with E-state index in [2.05, 4.69) is 18.1 Å². The third-order valence-electron chi connectivity index (χ3n) is 0.976. The molecule has 0 aromatic rings. The average Bonchev–Trinajstić information content (AvgIpc) is 2.06. The molecular weight excluding hydrogens is 488 g/mol. The Morgan fingerprint density at radius 2 is 0.692 bits per heavy atom. The van der Waals surface area contributed by atoms with Gasteiger partial charge in [-0.15, -0.1) is 0 Å². The van der Waals surface area contributed by atoms with Crippen molar-refractivity contribution in [2.24, 2.45) is 0 Å². The second-order valence-electron chi connectivity index (χ2n) is 3.06. The van der Waals surface area contributed by atoms with E-state index in [0.29, 0.717) is 0 Å². The summed E-state index contributed by atoms with van der Waals surface area (Å²) in [5.74, 6) is -5.30. The van der Waals surface area contributed by atoms with Crippen molar-refractivity contribution in [3.8, 4) is 0 Å². The predicted molar refractivity (Wildman–Crippen MR) is 56.0 cm³/mol. The molecule has 0 heterocycles. The smallest absolute Gasteiger partial charge is 0.566 e. The van der Waals surface area contributed by atoms with Gasteiger partial charge in [-0.05, 0) is 18.3 Å². The van der Waals surface area contributed by atoms with E-state index in [1.165, 1.54) is 0 Å². The first kappa shape index (κ1) is 43.8. The molecule has 4 unspecified atom stereocenters. The van der Waals surface area contributed by atoms with Gasteiger partial charge in [-0.1, -0.05) is 18.1 Å². The van der Waals surface area contributed by atoms with E-state index in [1.54, 1.807) is 0 Å². The molecule has 0 fully saturated rings. The Morgan fingerprint density at radius 1 is 0.577 bits per heavy atom. The molecule has 2 N–H and O–H groups in total. The summed E-state index contributed by atoms with van der Waals surface area (Å²) in [4.78, 5) is 39.1. The SMILES string of the molecule is CC(O)(O[P+](=O)[O-])O[P+](=O)[O-].CC(O)(O[P+](=O)[O-])O[P+](=O)[O-].[Na+].[Na+].[Na+].[Na+]. The average molecular weight is 496 g/mol. The van der Waals surface area contributed by atoms with Crippen LogP contribution < -0.4 is 138 Å². The van der Waals surface area contributed by atoms with E-state index in [-0.39, 0.29) is 118 Å². The molecule has 0 amide bonds. The maximum absolute atomic E-state index is 9.77. The van der Waals surface area contributed by atoms with Gasteiger partial charge in [0.1, 0.15) is 0 Å². The van der Waals surface area contributed by atoms with Crippen LogP contribution in [0, 0.1) is 0 Å². The Hall–Kier alpha value is 4.00. The van der Waals surface area contributed by atoms with Crippen LogP contribution in [0.1, 0.15) is 13.8 Å². The van der Waals surface area contributed by atoms with Crippen molar-refractivity contribution in [1.82, 2.24) is 0 Å². The van der Waals surface area contributed by atoms with Gasteiger partial charge in [0.25, 0.3) is 0 Å². The number of hydrogen-bond donors (Lipinski definition) is 2. The zero-order valence-electron chi connectivity index (χ0n) is 14.6. The van der Waals surface area contributed by atoms with Crippen LogP contribution in [0.3, 0.4) is 0 Å². The minimum atomic E-state index is -3.36. The molecule has 4 atom stereocenters. The van der Waals surface area contributed by atoms with Crippen LogP contribution in [0.15, 0.2) is 0 Å².